The second-order valence-electron chi connectivity index (χ2n) is 15.0. The van der Waals surface area contributed by atoms with Crippen LogP contribution in [-0.2, 0) is 0 Å². The standard InChI is InChI=1S/C54H34N4/c1-3-14-36(15-4-1)53-45-34-40(39-24-23-35-13-7-8-16-38(35)33-39)27-30-46(45)55-54(56-53)37-25-28-42(29-26-37)58-48-22-12-10-20-44(48)52-50(58)32-31-49-51(52)43-19-9-11-21-47(43)57(49)41-17-5-2-6-18-41/h1-34H. The van der Waals surface area contributed by atoms with Crippen molar-refractivity contribution >= 4 is 65.3 Å². The van der Waals surface area contributed by atoms with Crippen molar-refractivity contribution in [3.63, 3.8) is 0 Å². The molecular weight excluding hydrogens is 705 g/mol. The van der Waals surface area contributed by atoms with Crippen LogP contribution in [0.2, 0.25) is 0 Å². The van der Waals surface area contributed by atoms with Crippen molar-refractivity contribution in [2.75, 3.05) is 0 Å². The van der Waals surface area contributed by atoms with Crippen molar-refractivity contribution in [2.24, 2.45) is 0 Å². The van der Waals surface area contributed by atoms with Gasteiger partial charge in [0.15, 0.2) is 5.82 Å². The van der Waals surface area contributed by atoms with Gasteiger partial charge >= 0.3 is 0 Å². The number of para-hydroxylation sites is 3. The summed E-state index contributed by atoms with van der Waals surface area (Å²) in [6.07, 6.45) is 0. The Morgan fingerprint density at radius 1 is 0.310 bits per heavy atom. The van der Waals surface area contributed by atoms with E-state index in [0.29, 0.717) is 5.82 Å². The summed E-state index contributed by atoms with van der Waals surface area (Å²) in [7, 11) is 0. The van der Waals surface area contributed by atoms with Gasteiger partial charge in [-0.2, -0.15) is 0 Å². The number of nitrogens with zero attached hydrogens (tertiary/aromatic N) is 4. The number of benzene rings is 9. The van der Waals surface area contributed by atoms with Crippen LogP contribution in [0, 0.1) is 0 Å². The van der Waals surface area contributed by atoms with Gasteiger partial charge in [0.2, 0.25) is 0 Å². The maximum absolute atomic E-state index is 5.29. The van der Waals surface area contributed by atoms with E-state index in [4.69, 9.17) is 9.97 Å². The molecule has 0 atom stereocenters. The van der Waals surface area contributed by atoms with Crippen LogP contribution in [0.4, 0.5) is 0 Å². The predicted octanol–water partition coefficient (Wildman–Crippen LogP) is 14.0. The van der Waals surface area contributed by atoms with Crippen molar-refractivity contribution in [1.82, 2.24) is 19.1 Å². The normalized spacial score (nSPS) is 11.8. The van der Waals surface area contributed by atoms with Crippen LogP contribution in [0.5, 0.6) is 0 Å². The molecule has 0 N–H and O–H groups in total. The van der Waals surface area contributed by atoms with Gasteiger partial charge in [0, 0.05) is 49.4 Å². The molecule has 0 spiro atoms. The molecule has 3 heterocycles. The van der Waals surface area contributed by atoms with E-state index in [2.05, 4.69) is 209 Å². The van der Waals surface area contributed by atoms with Crippen LogP contribution in [0.15, 0.2) is 206 Å². The molecule has 0 amide bonds. The van der Waals surface area contributed by atoms with Gasteiger partial charge in [0.05, 0.1) is 33.3 Å². The highest BCUT2D eigenvalue weighted by atomic mass is 15.0. The highest BCUT2D eigenvalue weighted by Gasteiger charge is 2.21. The lowest BCUT2D eigenvalue weighted by Crippen LogP contribution is -1.97. The summed E-state index contributed by atoms with van der Waals surface area (Å²) in [5.74, 6) is 0.703. The minimum atomic E-state index is 0.703. The molecule has 0 aliphatic carbocycles. The summed E-state index contributed by atoms with van der Waals surface area (Å²) in [5.41, 5.74) is 13.2. The fourth-order valence-electron chi connectivity index (χ4n) is 9.03. The number of rotatable bonds is 5. The van der Waals surface area contributed by atoms with Crippen molar-refractivity contribution < 1.29 is 0 Å². The lowest BCUT2D eigenvalue weighted by atomic mass is 9.98. The van der Waals surface area contributed by atoms with E-state index in [1.807, 2.05) is 6.07 Å². The fraction of sp³-hybridized carbons (Fsp3) is 0. The van der Waals surface area contributed by atoms with Gasteiger partial charge in [-0.1, -0.05) is 127 Å². The van der Waals surface area contributed by atoms with Gasteiger partial charge in [0.1, 0.15) is 0 Å². The maximum atomic E-state index is 5.29. The Hall–Kier alpha value is -7.82. The third-order valence-corrected chi connectivity index (χ3v) is 11.7. The molecule has 0 radical (unpaired) electrons. The Labute approximate surface area is 334 Å². The van der Waals surface area contributed by atoms with Gasteiger partial charge in [0.25, 0.3) is 0 Å². The number of hydrogen-bond acceptors (Lipinski definition) is 2. The highest BCUT2D eigenvalue weighted by Crippen LogP contribution is 2.42. The molecule has 58 heavy (non-hydrogen) atoms. The molecule has 4 nitrogen and oxygen atoms in total. The lowest BCUT2D eigenvalue weighted by Gasteiger charge is -2.13. The third kappa shape index (κ3) is 5.02. The van der Waals surface area contributed by atoms with Gasteiger partial charge < -0.3 is 9.13 Å². The number of fused-ring (bicyclic) bond motifs is 9. The van der Waals surface area contributed by atoms with E-state index in [1.54, 1.807) is 0 Å². The molecule has 9 aromatic carbocycles. The highest BCUT2D eigenvalue weighted by molar-refractivity contribution is 6.28. The lowest BCUT2D eigenvalue weighted by molar-refractivity contribution is 1.17. The van der Waals surface area contributed by atoms with E-state index in [9.17, 15) is 0 Å². The number of hydrogen-bond donors (Lipinski definition) is 0. The fourth-order valence-corrected chi connectivity index (χ4v) is 9.03. The molecule has 12 aromatic rings. The SMILES string of the molecule is c1ccc(-c2nc(-c3ccc(-n4c5ccccc5c5c6c7ccccc7n(-c7ccccc7)c6ccc54)cc3)nc3ccc(-c4ccc5ccccc5c4)cc23)cc1. The Bertz CT molecular complexity index is 3540. The summed E-state index contributed by atoms with van der Waals surface area (Å²) in [6.45, 7) is 0. The van der Waals surface area contributed by atoms with Crippen LogP contribution in [-0.4, -0.2) is 19.1 Å². The summed E-state index contributed by atoms with van der Waals surface area (Å²) >= 11 is 0. The second kappa shape index (κ2) is 12.9. The minimum absolute atomic E-state index is 0.703. The molecular formula is C54H34N4. The first-order valence-electron chi connectivity index (χ1n) is 19.7. The first-order chi connectivity index (χ1) is 28.8. The molecule has 0 saturated heterocycles. The molecule has 0 aliphatic rings. The van der Waals surface area contributed by atoms with Crippen LogP contribution in [0.1, 0.15) is 0 Å². The van der Waals surface area contributed by atoms with Crippen LogP contribution < -0.4 is 0 Å². The quantitative estimate of drug-likeness (QED) is 0.176. The Morgan fingerprint density at radius 3 is 1.53 bits per heavy atom. The summed E-state index contributed by atoms with van der Waals surface area (Å²) < 4.78 is 4.79. The first kappa shape index (κ1) is 32.4. The average molecular weight is 739 g/mol. The van der Waals surface area contributed by atoms with Gasteiger partial charge in [-0.3, -0.25) is 0 Å². The minimum Gasteiger partial charge on any atom is -0.309 e. The van der Waals surface area contributed by atoms with Gasteiger partial charge in [-0.25, -0.2) is 9.97 Å². The van der Waals surface area contributed by atoms with Crippen molar-refractivity contribution in [3.05, 3.63) is 206 Å². The van der Waals surface area contributed by atoms with E-state index >= 15 is 0 Å². The monoisotopic (exact) mass is 738 g/mol. The van der Waals surface area contributed by atoms with E-state index < -0.39 is 0 Å². The zero-order valence-electron chi connectivity index (χ0n) is 31.4. The molecule has 4 heteroatoms. The molecule has 0 bridgehead atoms. The Balaban J connectivity index is 1.01. The molecule has 270 valence electrons. The zero-order valence-corrected chi connectivity index (χ0v) is 31.4. The molecule has 0 saturated carbocycles. The zero-order chi connectivity index (χ0) is 38.2. The largest absolute Gasteiger partial charge is 0.309 e. The molecule has 0 fully saturated rings. The van der Waals surface area contributed by atoms with Crippen LogP contribution in [0.3, 0.4) is 0 Å². The summed E-state index contributed by atoms with van der Waals surface area (Å²) in [5, 5.41) is 8.50. The van der Waals surface area contributed by atoms with Crippen molar-refractivity contribution in [1.29, 1.82) is 0 Å². The van der Waals surface area contributed by atoms with Gasteiger partial charge in [-0.05, 0) is 101 Å². The molecule has 3 aromatic heterocycles. The van der Waals surface area contributed by atoms with Crippen molar-refractivity contribution in [2.45, 2.75) is 0 Å². The van der Waals surface area contributed by atoms with E-state index in [-0.39, 0.29) is 0 Å². The topological polar surface area (TPSA) is 35.6 Å². The maximum Gasteiger partial charge on any atom is 0.160 e. The Kier molecular flexibility index (Phi) is 7.20. The summed E-state index contributed by atoms with van der Waals surface area (Å²) in [6, 6.07) is 73.7. The average Bonchev–Trinajstić information content (AvgIpc) is 3.82. The number of aromatic nitrogens is 4. The summed E-state index contributed by atoms with van der Waals surface area (Å²) in [4.78, 5) is 10.5. The Morgan fingerprint density at radius 2 is 0.845 bits per heavy atom. The predicted molar refractivity (Wildman–Crippen MR) is 242 cm³/mol. The smallest absolute Gasteiger partial charge is 0.160 e. The third-order valence-electron chi connectivity index (χ3n) is 11.7. The molecule has 0 unspecified atom stereocenters. The molecule has 0 aliphatic heterocycles. The van der Waals surface area contributed by atoms with Crippen LogP contribution in [0.25, 0.3) is 110 Å². The second-order valence-corrected chi connectivity index (χ2v) is 15.0. The van der Waals surface area contributed by atoms with E-state index in [1.165, 1.54) is 59.9 Å². The van der Waals surface area contributed by atoms with Crippen LogP contribution >= 0.6 is 0 Å². The first-order valence-corrected chi connectivity index (χ1v) is 19.7. The van der Waals surface area contributed by atoms with E-state index in [0.717, 1.165) is 44.7 Å². The van der Waals surface area contributed by atoms with Crippen molar-refractivity contribution in [3.8, 4) is 45.1 Å². The molecule has 12 rings (SSSR count). The van der Waals surface area contributed by atoms with Gasteiger partial charge in [-0.15, -0.1) is 0 Å².